The van der Waals surface area contributed by atoms with Crippen LogP contribution in [0.2, 0.25) is 0 Å². The van der Waals surface area contributed by atoms with Crippen molar-refractivity contribution >= 4 is 5.71 Å². The third-order valence-corrected chi connectivity index (χ3v) is 1.04. The van der Waals surface area contributed by atoms with E-state index in [0.29, 0.717) is 12.1 Å². The van der Waals surface area contributed by atoms with Crippen molar-refractivity contribution in [3.63, 3.8) is 0 Å². The van der Waals surface area contributed by atoms with Crippen LogP contribution in [-0.2, 0) is 6.42 Å². The Labute approximate surface area is 59.7 Å². The molecule has 0 unspecified atom stereocenters. The second-order valence-corrected chi connectivity index (χ2v) is 2.12. The van der Waals surface area contributed by atoms with Crippen LogP contribution in [0.3, 0.4) is 0 Å². The van der Waals surface area contributed by atoms with Gasteiger partial charge in [0.15, 0.2) is 0 Å². The molecule has 1 aromatic rings. The van der Waals surface area contributed by atoms with Crippen LogP contribution in [0, 0.1) is 5.41 Å². The van der Waals surface area contributed by atoms with Gasteiger partial charge in [-0.1, -0.05) is 0 Å². The van der Waals surface area contributed by atoms with Crippen molar-refractivity contribution in [3.8, 4) is 0 Å². The molecular formula is C7H9N3. The molecule has 0 aliphatic heterocycles. The minimum Gasteiger partial charge on any atom is -0.310 e. The summed E-state index contributed by atoms with van der Waals surface area (Å²) in [5, 5.41) is 7.15. The van der Waals surface area contributed by atoms with E-state index in [1.165, 1.54) is 0 Å². The van der Waals surface area contributed by atoms with E-state index in [4.69, 9.17) is 5.41 Å². The Hall–Kier alpha value is -1.25. The number of rotatable bonds is 2. The first-order valence-corrected chi connectivity index (χ1v) is 3.09. The quantitative estimate of drug-likeness (QED) is 0.616. The molecule has 0 aliphatic rings. The maximum atomic E-state index is 7.15. The van der Waals surface area contributed by atoms with E-state index >= 15 is 0 Å². The van der Waals surface area contributed by atoms with Gasteiger partial charge in [-0.3, -0.25) is 0 Å². The summed E-state index contributed by atoms with van der Waals surface area (Å²) in [7, 11) is 0. The predicted octanol–water partition coefficient (Wildman–Crippen LogP) is 1.06. The van der Waals surface area contributed by atoms with Crippen molar-refractivity contribution in [1.29, 1.82) is 5.41 Å². The molecular weight excluding hydrogens is 126 g/mol. The largest absolute Gasteiger partial charge is 0.310 e. The van der Waals surface area contributed by atoms with E-state index in [1.807, 2.05) is 0 Å². The van der Waals surface area contributed by atoms with Gasteiger partial charge in [-0.05, 0) is 13.0 Å². The molecule has 1 rings (SSSR count). The topological polar surface area (TPSA) is 49.6 Å². The standard InChI is InChI=1S/C7H9N3/c1-6(8)5-7-9-3-2-4-10-7/h2-4,8H,5H2,1H3. The third kappa shape index (κ3) is 1.93. The summed E-state index contributed by atoms with van der Waals surface area (Å²) in [5.41, 5.74) is 0.589. The first-order valence-electron chi connectivity index (χ1n) is 3.09. The van der Waals surface area contributed by atoms with E-state index in [-0.39, 0.29) is 0 Å². The lowest BCUT2D eigenvalue weighted by Crippen LogP contribution is -1.99. The molecule has 0 spiro atoms. The third-order valence-electron chi connectivity index (χ3n) is 1.04. The lowest BCUT2D eigenvalue weighted by Gasteiger charge is -1.93. The maximum Gasteiger partial charge on any atom is 0.133 e. The minimum atomic E-state index is 0.556. The number of hydrogen-bond acceptors (Lipinski definition) is 3. The molecule has 0 saturated heterocycles. The van der Waals surface area contributed by atoms with Crippen molar-refractivity contribution in [2.45, 2.75) is 13.3 Å². The second kappa shape index (κ2) is 3.06. The summed E-state index contributed by atoms with van der Waals surface area (Å²) < 4.78 is 0. The van der Waals surface area contributed by atoms with E-state index in [2.05, 4.69) is 9.97 Å². The van der Waals surface area contributed by atoms with Crippen molar-refractivity contribution in [1.82, 2.24) is 9.97 Å². The van der Waals surface area contributed by atoms with Crippen molar-refractivity contribution in [3.05, 3.63) is 24.3 Å². The summed E-state index contributed by atoms with van der Waals surface area (Å²) in [6.45, 7) is 1.75. The summed E-state index contributed by atoms with van der Waals surface area (Å²) in [6, 6.07) is 1.77. The molecule has 1 heterocycles. The van der Waals surface area contributed by atoms with E-state index < -0.39 is 0 Å². The highest BCUT2D eigenvalue weighted by atomic mass is 14.8. The zero-order valence-corrected chi connectivity index (χ0v) is 5.83. The van der Waals surface area contributed by atoms with Crippen LogP contribution in [0.25, 0.3) is 0 Å². The summed E-state index contributed by atoms with van der Waals surface area (Å²) in [5.74, 6) is 0.718. The van der Waals surface area contributed by atoms with Crippen LogP contribution >= 0.6 is 0 Å². The van der Waals surface area contributed by atoms with E-state index in [1.54, 1.807) is 25.4 Å². The fraction of sp³-hybridized carbons (Fsp3) is 0.286. The summed E-state index contributed by atoms with van der Waals surface area (Å²) in [6.07, 6.45) is 3.93. The Kier molecular flexibility index (Phi) is 2.10. The molecule has 1 aromatic heterocycles. The van der Waals surface area contributed by atoms with Gasteiger partial charge in [-0.2, -0.15) is 0 Å². The molecule has 0 saturated carbocycles. The summed E-state index contributed by atoms with van der Waals surface area (Å²) in [4.78, 5) is 7.93. The van der Waals surface area contributed by atoms with Gasteiger partial charge in [-0.15, -0.1) is 0 Å². The van der Waals surface area contributed by atoms with Crippen LogP contribution in [0.1, 0.15) is 12.7 Å². The van der Waals surface area contributed by atoms with Gasteiger partial charge in [0.2, 0.25) is 0 Å². The number of aromatic nitrogens is 2. The van der Waals surface area contributed by atoms with Gasteiger partial charge < -0.3 is 5.41 Å². The normalized spacial score (nSPS) is 9.30. The van der Waals surface area contributed by atoms with Crippen LogP contribution < -0.4 is 0 Å². The average molecular weight is 135 g/mol. The Morgan fingerprint density at radius 1 is 1.50 bits per heavy atom. The predicted molar refractivity (Wildman–Crippen MR) is 39.1 cm³/mol. The fourth-order valence-electron chi connectivity index (χ4n) is 0.658. The molecule has 0 atom stereocenters. The highest BCUT2D eigenvalue weighted by Gasteiger charge is 1.93. The van der Waals surface area contributed by atoms with Crippen molar-refractivity contribution < 1.29 is 0 Å². The highest BCUT2D eigenvalue weighted by Crippen LogP contribution is 1.89. The first kappa shape index (κ1) is 6.86. The first-order chi connectivity index (χ1) is 4.79. The van der Waals surface area contributed by atoms with Gasteiger partial charge in [-0.25, -0.2) is 9.97 Å². The fourth-order valence-corrected chi connectivity index (χ4v) is 0.658. The van der Waals surface area contributed by atoms with Gasteiger partial charge in [0.1, 0.15) is 5.82 Å². The Bertz CT molecular complexity index is 218. The molecule has 0 fully saturated rings. The van der Waals surface area contributed by atoms with Gasteiger partial charge in [0.25, 0.3) is 0 Å². The van der Waals surface area contributed by atoms with Crippen LogP contribution in [0.4, 0.5) is 0 Å². The zero-order chi connectivity index (χ0) is 7.40. The van der Waals surface area contributed by atoms with E-state index in [0.717, 1.165) is 5.82 Å². The smallest absolute Gasteiger partial charge is 0.133 e. The van der Waals surface area contributed by atoms with Crippen molar-refractivity contribution in [2.24, 2.45) is 0 Å². The Morgan fingerprint density at radius 2 is 2.10 bits per heavy atom. The van der Waals surface area contributed by atoms with E-state index in [9.17, 15) is 0 Å². The monoisotopic (exact) mass is 135 g/mol. The highest BCUT2D eigenvalue weighted by molar-refractivity contribution is 5.80. The van der Waals surface area contributed by atoms with Gasteiger partial charge in [0.05, 0.1) is 0 Å². The van der Waals surface area contributed by atoms with Gasteiger partial charge >= 0.3 is 0 Å². The SMILES string of the molecule is CC(=N)Cc1ncccn1. The number of nitrogens with zero attached hydrogens (tertiary/aromatic N) is 2. The molecule has 0 amide bonds. The Balaban J connectivity index is 2.67. The van der Waals surface area contributed by atoms with Gasteiger partial charge in [0, 0.05) is 24.5 Å². The number of nitrogens with one attached hydrogen (secondary N) is 1. The molecule has 1 N–H and O–H groups in total. The zero-order valence-electron chi connectivity index (χ0n) is 5.83. The molecule has 3 heteroatoms. The van der Waals surface area contributed by atoms with Crippen molar-refractivity contribution in [2.75, 3.05) is 0 Å². The molecule has 0 aliphatic carbocycles. The van der Waals surface area contributed by atoms with Crippen LogP contribution in [0.15, 0.2) is 18.5 Å². The molecule has 0 bridgehead atoms. The average Bonchev–Trinajstić information content (AvgIpc) is 1.88. The van der Waals surface area contributed by atoms with Crippen LogP contribution in [0.5, 0.6) is 0 Å². The molecule has 0 aromatic carbocycles. The molecule has 3 nitrogen and oxygen atoms in total. The lowest BCUT2D eigenvalue weighted by molar-refractivity contribution is 1.00. The summed E-state index contributed by atoms with van der Waals surface area (Å²) >= 11 is 0. The molecule has 0 radical (unpaired) electrons. The second-order valence-electron chi connectivity index (χ2n) is 2.12. The molecule has 52 valence electrons. The maximum absolute atomic E-state index is 7.15. The minimum absolute atomic E-state index is 0.556. The number of hydrogen-bond donors (Lipinski definition) is 1. The molecule has 10 heavy (non-hydrogen) atoms. The Morgan fingerprint density at radius 3 is 2.60 bits per heavy atom. The van der Waals surface area contributed by atoms with Crippen LogP contribution in [-0.4, -0.2) is 15.7 Å². The lowest BCUT2D eigenvalue weighted by atomic mass is 10.3.